The van der Waals surface area contributed by atoms with E-state index >= 15 is 0 Å². The number of benzene rings is 1. The lowest BCUT2D eigenvalue weighted by atomic mass is 9.85. The molecule has 0 amide bonds. The number of carbonyl (C=O) groups is 1. The highest BCUT2D eigenvalue weighted by Crippen LogP contribution is 2.41. The molecule has 0 bridgehead atoms. The molecule has 12 heteroatoms. The fraction of sp³-hybridized carbons (Fsp3) is 0.776. The molecular weight excluding hydrogens is 797 g/mol. The predicted molar refractivity (Wildman–Crippen MR) is 246 cm³/mol. The molecule has 0 aliphatic heterocycles. The van der Waals surface area contributed by atoms with E-state index in [0.29, 0.717) is 141 Å². The van der Waals surface area contributed by atoms with E-state index < -0.39 is 0 Å². The number of ketones is 1. The minimum atomic E-state index is -0.330. The van der Waals surface area contributed by atoms with Gasteiger partial charge in [-0.1, -0.05) is 68.2 Å². The van der Waals surface area contributed by atoms with E-state index in [1.165, 1.54) is 0 Å². The Hall–Kier alpha value is -2.36. The molecule has 0 fully saturated rings. The minimum absolute atomic E-state index is 0.0836. The van der Waals surface area contributed by atoms with E-state index in [0.717, 1.165) is 43.6 Å². The Bertz CT molecular complexity index is 1280. The van der Waals surface area contributed by atoms with Gasteiger partial charge in [0, 0.05) is 60.7 Å². The van der Waals surface area contributed by atoms with Crippen molar-refractivity contribution >= 4 is 17.5 Å². The molecule has 0 aliphatic carbocycles. The maximum absolute atomic E-state index is 14.0. The Kier molecular flexibility index (Phi) is 33.5. The quantitative estimate of drug-likeness (QED) is 0.0271. The van der Waals surface area contributed by atoms with Crippen LogP contribution >= 0.6 is 11.8 Å². The van der Waals surface area contributed by atoms with Crippen LogP contribution in [0.1, 0.15) is 111 Å². The van der Waals surface area contributed by atoms with Gasteiger partial charge < -0.3 is 47.4 Å². The van der Waals surface area contributed by atoms with Crippen LogP contribution in [0, 0.1) is 47.4 Å². The Balaban J connectivity index is 3.08. The first-order valence-corrected chi connectivity index (χ1v) is 23.5. The first-order chi connectivity index (χ1) is 29.4. The van der Waals surface area contributed by atoms with Crippen LogP contribution in [0.4, 0.5) is 0 Å². The summed E-state index contributed by atoms with van der Waals surface area (Å²) >= 11 is 1.58. The number of carbonyl (C=O) groups excluding carboxylic acids is 1. The molecule has 1 aromatic carbocycles. The zero-order chi connectivity index (χ0) is 45.0. The number of thioether (sulfide) groups is 1. The van der Waals surface area contributed by atoms with Crippen molar-refractivity contribution in [2.24, 2.45) is 22.7 Å². The molecule has 0 saturated carbocycles. The highest BCUT2D eigenvalue weighted by molar-refractivity contribution is 7.99. The Morgan fingerprint density at radius 1 is 0.607 bits per heavy atom. The zero-order valence-electron chi connectivity index (χ0n) is 39.2. The maximum Gasteiger partial charge on any atom is 0.174 e. The van der Waals surface area contributed by atoms with E-state index in [1.807, 2.05) is 19.1 Å². The van der Waals surface area contributed by atoms with E-state index in [9.17, 15) is 4.79 Å². The van der Waals surface area contributed by atoms with Gasteiger partial charge in [-0.15, -0.1) is 36.4 Å². The normalized spacial score (nSPS) is 12.8. The lowest BCUT2D eigenvalue weighted by Crippen LogP contribution is -2.32. The molecule has 11 nitrogen and oxygen atoms in total. The summed E-state index contributed by atoms with van der Waals surface area (Å²) in [7, 11) is 0. The van der Waals surface area contributed by atoms with Gasteiger partial charge in [-0.25, -0.2) is 0 Å². The number of hydrogen-bond acceptors (Lipinski definition) is 12. The number of unbranched alkanes of at least 4 members (excludes halogenated alkanes) is 2. The van der Waals surface area contributed by atoms with Gasteiger partial charge in [-0.2, -0.15) is 0 Å². The fourth-order valence-electron chi connectivity index (χ4n) is 5.81. The van der Waals surface area contributed by atoms with Gasteiger partial charge in [0.2, 0.25) is 0 Å². The van der Waals surface area contributed by atoms with Gasteiger partial charge in [0.05, 0.1) is 97.4 Å². The van der Waals surface area contributed by atoms with Crippen molar-refractivity contribution in [2.75, 3.05) is 125 Å². The molecule has 0 aromatic heterocycles. The Morgan fingerprint density at radius 3 is 1.62 bits per heavy atom. The molecule has 1 aromatic rings. The summed E-state index contributed by atoms with van der Waals surface area (Å²) in [6.07, 6.45) is 16.7. The first kappa shape index (κ1) is 56.7. The average Bonchev–Trinajstić information content (AvgIpc) is 3.23. The highest BCUT2D eigenvalue weighted by atomic mass is 32.2. The summed E-state index contributed by atoms with van der Waals surface area (Å²) in [6, 6.07) is 3.78. The van der Waals surface area contributed by atoms with Gasteiger partial charge in [0.1, 0.15) is 6.61 Å². The third kappa shape index (κ3) is 28.9. The van der Waals surface area contributed by atoms with Crippen molar-refractivity contribution in [1.29, 1.82) is 0 Å². The maximum atomic E-state index is 14.0. The summed E-state index contributed by atoms with van der Waals surface area (Å²) in [6.45, 7) is 25.9. The van der Waals surface area contributed by atoms with Crippen molar-refractivity contribution in [3.63, 3.8) is 0 Å². The molecule has 0 heterocycles. The van der Waals surface area contributed by atoms with Gasteiger partial charge in [-0.3, -0.25) is 4.79 Å². The molecule has 0 saturated heterocycles. The third-order valence-electron chi connectivity index (χ3n) is 9.43. The molecule has 0 N–H and O–H groups in total. The fourth-order valence-corrected chi connectivity index (χ4v) is 6.73. The van der Waals surface area contributed by atoms with Crippen molar-refractivity contribution in [2.45, 2.75) is 105 Å². The smallest absolute Gasteiger partial charge is 0.174 e. The Labute approximate surface area is 375 Å². The SMILES string of the molecule is C#CCCCOCCOCCOCCOc1cc(C(=O)C(C)C(C)CCC)cc(SCCOCCOCCOCCCC#C)c1OCC(C)(C)COCC(C)(C)COCCC. The van der Waals surface area contributed by atoms with Crippen molar-refractivity contribution < 1.29 is 52.2 Å². The van der Waals surface area contributed by atoms with Crippen molar-refractivity contribution in [1.82, 2.24) is 0 Å². The van der Waals surface area contributed by atoms with Crippen molar-refractivity contribution in [3.05, 3.63) is 17.7 Å². The largest absolute Gasteiger partial charge is 0.488 e. The number of rotatable bonds is 42. The summed E-state index contributed by atoms with van der Waals surface area (Å²) in [5.41, 5.74) is 0.160. The van der Waals surface area contributed by atoms with Crippen molar-refractivity contribution in [3.8, 4) is 36.2 Å². The van der Waals surface area contributed by atoms with E-state index in [1.54, 1.807) is 11.8 Å². The molecule has 61 heavy (non-hydrogen) atoms. The Morgan fingerprint density at radius 2 is 1.10 bits per heavy atom. The zero-order valence-corrected chi connectivity index (χ0v) is 40.1. The second-order valence-corrected chi connectivity index (χ2v) is 18.0. The van der Waals surface area contributed by atoms with Gasteiger partial charge >= 0.3 is 0 Å². The monoisotopic (exact) mass is 879 g/mol. The second-order valence-electron chi connectivity index (χ2n) is 16.9. The first-order valence-electron chi connectivity index (χ1n) is 22.5. The van der Waals surface area contributed by atoms with Crippen LogP contribution in [0.25, 0.3) is 0 Å². The van der Waals surface area contributed by atoms with Crippen LogP contribution in [0.15, 0.2) is 17.0 Å². The summed E-state index contributed by atoms with van der Waals surface area (Å²) in [5, 5.41) is 0. The van der Waals surface area contributed by atoms with Crippen LogP contribution in [0.2, 0.25) is 0 Å². The summed E-state index contributed by atoms with van der Waals surface area (Å²) < 4.78 is 59.2. The number of hydrogen-bond donors (Lipinski definition) is 0. The van der Waals surface area contributed by atoms with Crippen LogP contribution < -0.4 is 9.47 Å². The van der Waals surface area contributed by atoms with E-state index in [4.69, 9.17) is 60.2 Å². The van der Waals surface area contributed by atoms with E-state index in [2.05, 4.69) is 60.3 Å². The number of terminal acetylenes is 2. The van der Waals surface area contributed by atoms with Crippen LogP contribution in [-0.2, 0) is 37.9 Å². The molecule has 0 spiro atoms. The van der Waals surface area contributed by atoms with Gasteiger partial charge in [-0.05, 0) is 37.3 Å². The standard InChI is InChI=1S/C49H82O11S/c1-11-15-17-21-51-23-25-53-27-28-55-31-32-59-44-35-43(46(50)42(6)41(5)19-13-3)36-45(61-34-33-56-30-29-54-26-24-52-22-18-16-12-2)47(44)60-40-49(9,10)39-58-38-48(7,8)37-57-20-14-4/h1-2,35-36,41-42H,13-34,37-40H2,3-10H3. The van der Waals surface area contributed by atoms with Crippen LogP contribution in [0.5, 0.6) is 11.5 Å². The molecule has 2 unspecified atom stereocenters. The number of ether oxygens (including phenoxy) is 10. The van der Waals surface area contributed by atoms with Crippen LogP contribution in [0.3, 0.4) is 0 Å². The van der Waals surface area contributed by atoms with E-state index in [-0.39, 0.29) is 35.1 Å². The highest BCUT2D eigenvalue weighted by Gasteiger charge is 2.28. The summed E-state index contributed by atoms with van der Waals surface area (Å²) in [5.74, 6) is 7.12. The minimum Gasteiger partial charge on any atom is -0.488 e. The van der Waals surface area contributed by atoms with Gasteiger partial charge in [0.15, 0.2) is 17.3 Å². The van der Waals surface area contributed by atoms with Gasteiger partial charge in [0.25, 0.3) is 0 Å². The molecule has 0 aliphatic rings. The molecule has 1 rings (SSSR count). The topological polar surface area (TPSA) is 109 Å². The molecular formula is C49H82O11S. The molecule has 2 atom stereocenters. The lowest BCUT2D eigenvalue weighted by Gasteiger charge is -2.29. The van der Waals surface area contributed by atoms with Crippen LogP contribution in [-0.4, -0.2) is 130 Å². The average molecular weight is 879 g/mol. The molecule has 0 radical (unpaired) electrons. The second kappa shape index (κ2) is 36.0. The number of Topliss-reactive ketones (excluding diaryl/α,β-unsaturated/α-hetero) is 1. The molecule has 350 valence electrons. The summed E-state index contributed by atoms with van der Waals surface area (Å²) in [4.78, 5) is 14.8. The third-order valence-corrected chi connectivity index (χ3v) is 10.4. The lowest BCUT2D eigenvalue weighted by molar-refractivity contribution is -0.0334. The predicted octanol–water partition coefficient (Wildman–Crippen LogP) is 9.21.